The summed E-state index contributed by atoms with van der Waals surface area (Å²) in [6.07, 6.45) is 0. The number of rotatable bonds is 3. The van der Waals surface area contributed by atoms with E-state index in [-0.39, 0.29) is 11.7 Å². The Labute approximate surface area is 105 Å². The van der Waals surface area contributed by atoms with Crippen molar-refractivity contribution in [3.63, 3.8) is 0 Å². The first kappa shape index (κ1) is 13.8. The van der Waals surface area contributed by atoms with Crippen LogP contribution in [0.5, 0.6) is 0 Å². The summed E-state index contributed by atoms with van der Waals surface area (Å²) in [7, 11) is 4.79. The van der Waals surface area contributed by atoms with Crippen molar-refractivity contribution in [1.29, 1.82) is 0 Å². The molecule has 0 saturated heterocycles. The Morgan fingerprint density at radius 2 is 1.67 bits per heavy atom. The van der Waals surface area contributed by atoms with Gasteiger partial charge in [-0.15, -0.1) is 0 Å². The van der Waals surface area contributed by atoms with Gasteiger partial charge < -0.3 is 11.1 Å². The van der Waals surface area contributed by atoms with E-state index in [1.54, 1.807) is 33.3 Å². The average molecular weight is 249 g/mol. The van der Waals surface area contributed by atoms with Gasteiger partial charge in [0.05, 0.1) is 0 Å². The molecule has 1 rings (SSSR count). The van der Waals surface area contributed by atoms with Crippen LogP contribution in [-0.4, -0.2) is 38.5 Å². The van der Waals surface area contributed by atoms with Gasteiger partial charge in [0.1, 0.15) is 17.4 Å². The van der Waals surface area contributed by atoms with E-state index in [0.717, 1.165) is 0 Å². The van der Waals surface area contributed by atoms with Crippen molar-refractivity contribution in [2.75, 3.05) is 26.5 Å². The van der Waals surface area contributed by atoms with Crippen LogP contribution in [0.4, 0.5) is 10.1 Å². The van der Waals surface area contributed by atoms with Crippen LogP contribution in [0.3, 0.4) is 0 Å². The molecule has 6 heteroatoms. The molecule has 1 aromatic rings. The molecular weight excluding hydrogens is 233 g/mol. The standard InChI is InChI=1S/C12H16FN5/c1-15-10(11(14)16-2)12(17-3)18-9-6-4-8(13)5-7-9/h4-7H,1-3H3,(H2,14,16)(H,17,18)/b15-10+. The third kappa shape index (κ3) is 3.38. The summed E-state index contributed by atoms with van der Waals surface area (Å²) in [6.45, 7) is 0. The lowest BCUT2D eigenvalue weighted by molar-refractivity contribution is 0.628. The Morgan fingerprint density at radius 1 is 1.06 bits per heavy atom. The highest BCUT2D eigenvalue weighted by atomic mass is 19.1. The van der Waals surface area contributed by atoms with Crippen molar-refractivity contribution >= 4 is 23.1 Å². The lowest BCUT2D eigenvalue weighted by Gasteiger charge is -2.11. The summed E-state index contributed by atoms with van der Waals surface area (Å²) >= 11 is 0. The molecule has 0 aliphatic heterocycles. The molecule has 0 unspecified atom stereocenters. The summed E-state index contributed by atoms with van der Waals surface area (Å²) in [5.41, 5.74) is 6.88. The Bertz CT molecular complexity index is 488. The highest BCUT2D eigenvalue weighted by molar-refractivity contribution is 6.69. The van der Waals surface area contributed by atoms with Crippen molar-refractivity contribution in [3.05, 3.63) is 30.1 Å². The molecule has 0 atom stereocenters. The van der Waals surface area contributed by atoms with E-state index in [4.69, 9.17) is 5.73 Å². The molecule has 0 aliphatic rings. The zero-order chi connectivity index (χ0) is 13.5. The van der Waals surface area contributed by atoms with Gasteiger partial charge in [-0.3, -0.25) is 15.0 Å². The van der Waals surface area contributed by atoms with Crippen LogP contribution < -0.4 is 11.1 Å². The van der Waals surface area contributed by atoms with Gasteiger partial charge in [0.2, 0.25) is 0 Å². The number of hydrogen-bond acceptors (Lipinski definition) is 3. The second kappa shape index (κ2) is 6.48. The molecule has 0 heterocycles. The van der Waals surface area contributed by atoms with Gasteiger partial charge in [-0.2, -0.15) is 0 Å². The van der Waals surface area contributed by atoms with E-state index in [1.165, 1.54) is 12.1 Å². The first-order valence-corrected chi connectivity index (χ1v) is 5.31. The van der Waals surface area contributed by atoms with Crippen molar-refractivity contribution in [2.24, 2.45) is 20.7 Å². The second-order valence-corrected chi connectivity index (χ2v) is 3.39. The van der Waals surface area contributed by atoms with Crippen LogP contribution in [0, 0.1) is 5.82 Å². The first-order valence-electron chi connectivity index (χ1n) is 5.31. The van der Waals surface area contributed by atoms with Crippen LogP contribution in [-0.2, 0) is 0 Å². The fourth-order valence-corrected chi connectivity index (χ4v) is 1.34. The van der Waals surface area contributed by atoms with Gasteiger partial charge >= 0.3 is 0 Å². The molecule has 1 aromatic carbocycles. The molecule has 0 spiro atoms. The van der Waals surface area contributed by atoms with Crippen molar-refractivity contribution < 1.29 is 4.39 Å². The summed E-state index contributed by atoms with van der Waals surface area (Å²) < 4.78 is 12.8. The molecule has 3 N–H and O–H groups in total. The molecule has 0 saturated carbocycles. The number of benzene rings is 1. The molecular formula is C12H16FN5. The predicted molar refractivity (Wildman–Crippen MR) is 74.3 cm³/mol. The van der Waals surface area contributed by atoms with Crippen LogP contribution in [0.1, 0.15) is 0 Å². The Balaban J connectivity index is 2.96. The summed E-state index contributed by atoms with van der Waals surface area (Å²) in [5, 5.41) is 3.01. The minimum Gasteiger partial charge on any atom is -0.382 e. The summed E-state index contributed by atoms with van der Waals surface area (Å²) in [5.74, 6) is 0.467. The number of nitrogens with one attached hydrogen (secondary N) is 1. The van der Waals surface area contributed by atoms with Gasteiger partial charge in [-0.05, 0) is 24.3 Å². The molecule has 0 aliphatic carbocycles. The second-order valence-electron chi connectivity index (χ2n) is 3.39. The molecule has 0 fully saturated rings. The van der Waals surface area contributed by atoms with E-state index >= 15 is 0 Å². The normalized spacial score (nSPS) is 13.7. The van der Waals surface area contributed by atoms with E-state index in [2.05, 4.69) is 20.3 Å². The Hall–Kier alpha value is -2.24. The van der Waals surface area contributed by atoms with Gasteiger partial charge in [0.25, 0.3) is 0 Å². The summed E-state index contributed by atoms with van der Waals surface area (Å²) in [6, 6.07) is 5.92. The lowest BCUT2D eigenvalue weighted by Crippen LogP contribution is -2.35. The Morgan fingerprint density at radius 3 is 2.11 bits per heavy atom. The average Bonchev–Trinajstić information content (AvgIpc) is 2.40. The van der Waals surface area contributed by atoms with Crippen molar-refractivity contribution in [2.45, 2.75) is 0 Å². The lowest BCUT2D eigenvalue weighted by atomic mass is 10.2. The van der Waals surface area contributed by atoms with Crippen LogP contribution >= 0.6 is 0 Å². The zero-order valence-corrected chi connectivity index (χ0v) is 10.6. The Kier molecular flexibility index (Phi) is 4.98. The van der Waals surface area contributed by atoms with Gasteiger partial charge in [-0.1, -0.05) is 0 Å². The number of amidine groups is 2. The van der Waals surface area contributed by atoms with Gasteiger partial charge in [0, 0.05) is 26.8 Å². The third-order valence-electron chi connectivity index (χ3n) is 2.26. The molecule has 5 nitrogen and oxygen atoms in total. The van der Waals surface area contributed by atoms with Gasteiger partial charge in [-0.25, -0.2) is 4.39 Å². The number of nitrogens with two attached hydrogens (primary N) is 1. The fourth-order valence-electron chi connectivity index (χ4n) is 1.34. The van der Waals surface area contributed by atoms with Crippen LogP contribution in [0.2, 0.25) is 0 Å². The van der Waals surface area contributed by atoms with Crippen molar-refractivity contribution in [1.82, 2.24) is 0 Å². The van der Waals surface area contributed by atoms with E-state index in [0.29, 0.717) is 17.2 Å². The topological polar surface area (TPSA) is 75.1 Å². The monoisotopic (exact) mass is 249 g/mol. The number of hydrogen-bond donors (Lipinski definition) is 2. The molecule has 18 heavy (non-hydrogen) atoms. The smallest absolute Gasteiger partial charge is 0.154 e. The summed E-state index contributed by atoms with van der Waals surface area (Å²) in [4.78, 5) is 12.0. The SMILES string of the molecule is CN=C(Nc1ccc(F)cc1)C(=N/C)/C(N)=N\C. The quantitative estimate of drug-likeness (QED) is 0.626. The molecule has 0 amide bonds. The van der Waals surface area contributed by atoms with E-state index < -0.39 is 0 Å². The minimum atomic E-state index is -0.297. The fraction of sp³-hybridized carbons (Fsp3) is 0.250. The van der Waals surface area contributed by atoms with Crippen LogP contribution in [0.25, 0.3) is 0 Å². The number of nitrogens with zero attached hydrogens (tertiary/aromatic N) is 3. The highest BCUT2D eigenvalue weighted by Gasteiger charge is 2.11. The third-order valence-corrected chi connectivity index (χ3v) is 2.26. The maximum atomic E-state index is 12.8. The maximum Gasteiger partial charge on any atom is 0.154 e. The number of aliphatic imine (C=N–C) groups is 3. The molecule has 0 aromatic heterocycles. The molecule has 96 valence electrons. The van der Waals surface area contributed by atoms with E-state index in [1.807, 2.05) is 0 Å². The predicted octanol–water partition coefficient (Wildman–Crippen LogP) is 1.32. The van der Waals surface area contributed by atoms with Gasteiger partial charge in [0.15, 0.2) is 5.84 Å². The minimum absolute atomic E-state index is 0.285. The number of anilines is 1. The van der Waals surface area contributed by atoms with Crippen molar-refractivity contribution in [3.8, 4) is 0 Å². The van der Waals surface area contributed by atoms with E-state index in [9.17, 15) is 4.39 Å². The number of halogens is 1. The largest absolute Gasteiger partial charge is 0.382 e. The van der Waals surface area contributed by atoms with Crippen LogP contribution in [0.15, 0.2) is 39.2 Å². The first-order chi connectivity index (χ1) is 8.62. The maximum absolute atomic E-state index is 12.8. The molecule has 0 radical (unpaired) electrons. The molecule has 0 bridgehead atoms. The highest BCUT2D eigenvalue weighted by Crippen LogP contribution is 2.08. The zero-order valence-electron chi connectivity index (χ0n) is 10.6.